The Morgan fingerprint density at radius 1 is 1.30 bits per heavy atom. The summed E-state index contributed by atoms with van der Waals surface area (Å²) in [6.45, 7) is 1.38. The van der Waals surface area contributed by atoms with Gasteiger partial charge in [-0.2, -0.15) is 0 Å². The molecule has 0 saturated heterocycles. The van der Waals surface area contributed by atoms with E-state index in [9.17, 15) is 20.0 Å². The number of nitro groups is 1. The third-order valence-corrected chi connectivity index (χ3v) is 5.56. The molecule has 0 spiro atoms. The largest absolute Gasteiger partial charge is 0.854 e. The van der Waals surface area contributed by atoms with Crippen molar-refractivity contribution >= 4 is 40.6 Å². The molecule has 1 unspecified atom stereocenters. The number of para-hydroxylation sites is 1. The van der Waals surface area contributed by atoms with E-state index in [1.54, 1.807) is 36.6 Å². The minimum Gasteiger partial charge on any atom is -0.854 e. The van der Waals surface area contributed by atoms with Crippen LogP contribution in [0.25, 0.3) is 11.3 Å². The lowest BCUT2D eigenvalue weighted by molar-refractivity contribution is -0.764. The maximum atomic E-state index is 12.9. The predicted molar refractivity (Wildman–Crippen MR) is 108 cm³/mol. The highest BCUT2D eigenvalue weighted by molar-refractivity contribution is 7.98. The monoisotopic (exact) mass is 443 g/mol. The van der Waals surface area contributed by atoms with Gasteiger partial charge in [0.2, 0.25) is 5.91 Å². The average Bonchev–Trinajstić information content (AvgIpc) is 2.72. The standard InChI is InChI=1S/C19H14ClN5O4S/c1-10(26)23-14-6-4-3-5-12(14)16-17(27)21-19(30-2)22-24(16)18(23)11-7-8-13(20)15(9-11)25(28)29/h3-9,18H,1-2H3. The van der Waals surface area contributed by atoms with Gasteiger partial charge in [0.05, 0.1) is 27.6 Å². The van der Waals surface area contributed by atoms with Crippen LogP contribution in [0, 0.1) is 10.1 Å². The molecule has 1 atom stereocenters. The number of hydrogen-bond donors (Lipinski definition) is 0. The molecule has 11 heteroatoms. The number of nitro benzene ring substituents is 1. The Morgan fingerprint density at radius 2 is 2.03 bits per heavy atom. The highest BCUT2D eigenvalue weighted by Crippen LogP contribution is 2.41. The average molecular weight is 444 g/mol. The van der Waals surface area contributed by atoms with E-state index in [1.165, 1.54) is 40.4 Å². The van der Waals surface area contributed by atoms with Gasteiger partial charge in [-0.1, -0.05) is 40.2 Å². The molecule has 0 fully saturated rings. The van der Waals surface area contributed by atoms with E-state index in [0.29, 0.717) is 16.8 Å². The summed E-state index contributed by atoms with van der Waals surface area (Å²) in [6.07, 6.45) is 0.800. The van der Waals surface area contributed by atoms with Gasteiger partial charge in [0.15, 0.2) is 0 Å². The van der Waals surface area contributed by atoms with Crippen LogP contribution in [0.15, 0.2) is 47.6 Å². The van der Waals surface area contributed by atoms with E-state index in [0.717, 1.165) is 0 Å². The summed E-state index contributed by atoms with van der Waals surface area (Å²) in [5, 5.41) is 28.9. The van der Waals surface area contributed by atoms with E-state index in [-0.39, 0.29) is 27.5 Å². The quantitative estimate of drug-likeness (QED) is 0.264. The van der Waals surface area contributed by atoms with Gasteiger partial charge < -0.3 is 5.11 Å². The van der Waals surface area contributed by atoms with E-state index < -0.39 is 17.0 Å². The molecule has 2 aromatic carbocycles. The first-order valence-electron chi connectivity index (χ1n) is 8.71. The molecule has 0 aliphatic carbocycles. The van der Waals surface area contributed by atoms with Gasteiger partial charge in [0.1, 0.15) is 5.02 Å². The van der Waals surface area contributed by atoms with E-state index in [1.807, 2.05) is 0 Å². The minimum absolute atomic E-state index is 0.0310. The van der Waals surface area contributed by atoms with Gasteiger partial charge >= 0.3 is 0 Å². The molecule has 0 saturated carbocycles. The molecule has 0 N–H and O–H groups in total. The summed E-state index contributed by atoms with van der Waals surface area (Å²) in [4.78, 5) is 29.0. The topological polar surface area (TPSA) is 116 Å². The van der Waals surface area contributed by atoms with Crippen molar-refractivity contribution in [3.63, 3.8) is 0 Å². The highest BCUT2D eigenvalue weighted by Gasteiger charge is 2.44. The van der Waals surface area contributed by atoms with Gasteiger partial charge in [-0.3, -0.25) is 14.9 Å². The Bertz CT molecular complexity index is 1210. The number of carbonyl (C=O) groups is 1. The fourth-order valence-electron chi connectivity index (χ4n) is 3.49. The fourth-order valence-corrected chi connectivity index (χ4v) is 4.02. The van der Waals surface area contributed by atoms with Crippen molar-refractivity contribution < 1.29 is 19.5 Å². The second-order valence-electron chi connectivity index (χ2n) is 6.44. The first-order chi connectivity index (χ1) is 14.3. The van der Waals surface area contributed by atoms with E-state index in [2.05, 4.69) is 10.1 Å². The summed E-state index contributed by atoms with van der Waals surface area (Å²) in [6, 6.07) is 11.2. The van der Waals surface area contributed by atoms with Crippen LogP contribution in [0.3, 0.4) is 0 Å². The molecule has 0 radical (unpaired) electrons. The van der Waals surface area contributed by atoms with E-state index in [4.69, 9.17) is 11.6 Å². The lowest BCUT2D eigenvalue weighted by Crippen LogP contribution is -2.58. The molecule has 3 aromatic rings. The second-order valence-corrected chi connectivity index (χ2v) is 7.63. The van der Waals surface area contributed by atoms with Crippen molar-refractivity contribution in [2.24, 2.45) is 0 Å². The number of nitrogens with zero attached hydrogens (tertiary/aromatic N) is 5. The molecule has 1 aliphatic heterocycles. The van der Waals surface area contributed by atoms with Gasteiger partial charge in [0.25, 0.3) is 22.7 Å². The molecule has 0 bridgehead atoms. The number of rotatable bonds is 3. The summed E-state index contributed by atoms with van der Waals surface area (Å²) >= 11 is 7.15. The molecule has 2 heterocycles. The predicted octanol–water partition coefficient (Wildman–Crippen LogP) is 2.70. The van der Waals surface area contributed by atoms with Crippen LogP contribution in [0.1, 0.15) is 18.7 Å². The Labute approximate surface area is 180 Å². The molecule has 30 heavy (non-hydrogen) atoms. The molecule has 1 aliphatic rings. The van der Waals surface area contributed by atoms with Crippen LogP contribution in [0.5, 0.6) is 5.88 Å². The smallest absolute Gasteiger partial charge is 0.293 e. The van der Waals surface area contributed by atoms with Crippen LogP contribution in [-0.4, -0.2) is 27.2 Å². The number of aromatic nitrogens is 3. The van der Waals surface area contributed by atoms with Crippen LogP contribution in [0.2, 0.25) is 5.02 Å². The first-order valence-corrected chi connectivity index (χ1v) is 10.3. The zero-order chi connectivity index (χ0) is 21.6. The number of hydrogen-bond acceptors (Lipinski definition) is 7. The van der Waals surface area contributed by atoms with Gasteiger partial charge in [-0.15, -0.1) is 0 Å². The second kappa shape index (κ2) is 7.54. The van der Waals surface area contributed by atoms with Crippen molar-refractivity contribution in [3.8, 4) is 17.1 Å². The Balaban J connectivity index is 2.07. The van der Waals surface area contributed by atoms with Crippen LogP contribution in [0.4, 0.5) is 11.4 Å². The van der Waals surface area contributed by atoms with E-state index >= 15 is 0 Å². The first kappa shape index (κ1) is 20.0. The molecular formula is C19H14ClN5O4S. The summed E-state index contributed by atoms with van der Waals surface area (Å²) in [7, 11) is 0. The molecule has 152 valence electrons. The number of thioether (sulfide) groups is 1. The number of benzene rings is 2. The maximum Gasteiger partial charge on any atom is 0.293 e. The van der Waals surface area contributed by atoms with Crippen LogP contribution in [-0.2, 0) is 4.79 Å². The zero-order valence-electron chi connectivity index (χ0n) is 15.8. The SMILES string of the molecule is CSc1nc([O-])c2[n+](n1)C(c1ccc(Cl)c([N+](=O)[O-])c1)N(C(C)=O)c1ccccc1-2. The Kier molecular flexibility index (Phi) is 5.04. The van der Waals surface area contributed by atoms with Gasteiger partial charge in [-0.05, 0) is 30.5 Å². The lowest BCUT2D eigenvalue weighted by atomic mass is 10.0. The van der Waals surface area contributed by atoms with Crippen molar-refractivity contribution in [1.82, 2.24) is 10.1 Å². The third kappa shape index (κ3) is 3.14. The van der Waals surface area contributed by atoms with Crippen LogP contribution >= 0.6 is 23.4 Å². The van der Waals surface area contributed by atoms with Gasteiger partial charge in [-0.25, -0.2) is 9.88 Å². The molecule has 4 rings (SSSR count). The van der Waals surface area contributed by atoms with Gasteiger partial charge in [0, 0.05) is 18.1 Å². The number of halogens is 1. The van der Waals surface area contributed by atoms with Crippen molar-refractivity contribution in [2.45, 2.75) is 18.2 Å². The summed E-state index contributed by atoms with van der Waals surface area (Å²) in [5.41, 5.74) is 1.27. The summed E-state index contributed by atoms with van der Waals surface area (Å²) in [5.74, 6) is -0.821. The molecule has 9 nitrogen and oxygen atoms in total. The zero-order valence-corrected chi connectivity index (χ0v) is 17.3. The summed E-state index contributed by atoms with van der Waals surface area (Å²) < 4.78 is 1.40. The highest BCUT2D eigenvalue weighted by atomic mass is 35.5. The number of fused-ring (bicyclic) bond motifs is 3. The molecular weight excluding hydrogens is 430 g/mol. The normalized spacial score (nSPS) is 14.8. The maximum absolute atomic E-state index is 12.9. The van der Waals surface area contributed by atoms with Crippen molar-refractivity contribution in [2.75, 3.05) is 11.2 Å². The molecule has 1 amide bonds. The number of amides is 1. The minimum atomic E-state index is -0.926. The lowest BCUT2D eigenvalue weighted by Gasteiger charge is -2.32. The Morgan fingerprint density at radius 3 is 2.70 bits per heavy atom. The number of anilines is 1. The third-order valence-electron chi connectivity index (χ3n) is 4.70. The number of carbonyl (C=O) groups excluding carboxylic acids is 1. The van der Waals surface area contributed by atoms with Crippen molar-refractivity contribution in [1.29, 1.82) is 0 Å². The Hall–Kier alpha value is -3.24. The van der Waals surface area contributed by atoms with Crippen LogP contribution < -0.4 is 14.7 Å². The fraction of sp³-hybridized carbons (Fsp3) is 0.158. The van der Waals surface area contributed by atoms with Crippen molar-refractivity contribution in [3.05, 3.63) is 63.2 Å². The molecule has 1 aromatic heterocycles.